The van der Waals surface area contributed by atoms with Crippen LogP contribution in [-0.2, 0) is 6.54 Å². The van der Waals surface area contributed by atoms with E-state index in [1.54, 1.807) is 0 Å². The maximum Gasteiger partial charge on any atom is 0.119 e. The average molecular weight is 398 g/mol. The second-order valence-corrected chi connectivity index (χ2v) is 7.60. The minimum absolute atomic E-state index is 0.622. The van der Waals surface area contributed by atoms with E-state index in [-0.39, 0.29) is 0 Å². The van der Waals surface area contributed by atoms with E-state index in [1.165, 1.54) is 5.56 Å². The van der Waals surface area contributed by atoms with E-state index < -0.39 is 0 Å². The van der Waals surface area contributed by atoms with E-state index in [0.29, 0.717) is 6.61 Å². The molecule has 2 N–H and O–H groups in total. The molecule has 4 rings (SSSR count). The number of anilines is 1. The molecular formula is C26H27N3O. The van der Waals surface area contributed by atoms with Crippen molar-refractivity contribution in [3.63, 3.8) is 0 Å². The Morgan fingerprint density at radius 3 is 2.53 bits per heavy atom. The highest BCUT2D eigenvalue weighted by Crippen LogP contribution is 2.35. The first kappa shape index (κ1) is 19.9. The monoisotopic (exact) mass is 397 g/mol. The minimum atomic E-state index is 0.622. The van der Waals surface area contributed by atoms with Gasteiger partial charge in [-0.15, -0.1) is 0 Å². The van der Waals surface area contributed by atoms with Crippen LogP contribution in [0.2, 0.25) is 0 Å². The van der Waals surface area contributed by atoms with Crippen LogP contribution in [0, 0.1) is 6.92 Å². The van der Waals surface area contributed by atoms with Gasteiger partial charge in [0.1, 0.15) is 12.4 Å². The predicted octanol–water partition coefficient (Wildman–Crippen LogP) is 5.30. The lowest BCUT2D eigenvalue weighted by atomic mass is 9.99. The Morgan fingerprint density at radius 1 is 0.933 bits per heavy atom. The predicted molar refractivity (Wildman–Crippen MR) is 125 cm³/mol. The summed E-state index contributed by atoms with van der Waals surface area (Å²) >= 11 is 0. The van der Waals surface area contributed by atoms with Gasteiger partial charge >= 0.3 is 0 Å². The fourth-order valence-corrected chi connectivity index (χ4v) is 3.76. The molecule has 4 aromatic rings. The number of aromatic nitrogens is 1. The van der Waals surface area contributed by atoms with Crippen LogP contribution >= 0.6 is 0 Å². The first-order chi connectivity index (χ1) is 14.6. The van der Waals surface area contributed by atoms with E-state index in [4.69, 9.17) is 15.5 Å². The molecule has 0 spiro atoms. The van der Waals surface area contributed by atoms with Crippen LogP contribution < -0.4 is 10.5 Å². The number of likely N-dealkylation sites (N-methyl/N-ethyl adjacent to an activating group) is 1. The number of para-hydroxylation sites is 1. The lowest BCUT2D eigenvalue weighted by Crippen LogP contribution is -2.23. The lowest BCUT2D eigenvalue weighted by Gasteiger charge is -2.17. The van der Waals surface area contributed by atoms with Crippen molar-refractivity contribution < 1.29 is 4.74 Å². The zero-order valence-electron chi connectivity index (χ0n) is 17.5. The zero-order valence-corrected chi connectivity index (χ0v) is 17.5. The van der Waals surface area contributed by atoms with Gasteiger partial charge in [-0.1, -0.05) is 60.7 Å². The molecule has 0 saturated carbocycles. The molecule has 4 heteroatoms. The molecule has 30 heavy (non-hydrogen) atoms. The Bertz CT molecular complexity index is 1140. The van der Waals surface area contributed by atoms with Crippen molar-refractivity contribution in [1.82, 2.24) is 9.88 Å². The van der Waals surface area contributed by atoms with Gasteiger partial charge in [0.05, 0.1) is 11.2 Å². The molecule has 0 aliphatic heterocycles. The van der Waals surface area contributed by atoms with Gasteiger partial charge in [-0.05, 0) is 43.3 Å². The third kappa shape index (κ3) is 4.44. The van der Waals surface area contributed by atoms with Crippen LogP contribution in [0.1, 0.15) is 11.3 Å². The Labute approximate surface area is 177 Å². The molecule has 1 heterocycles. The number of hydrogen-bond donors (Lipinski definition) is 1. The highest BCUT2D eigenvalue weighted by Gasteiger charge is 2.12. The molecule has 0 unspecified atom stereocenters. The molecule has 1 aromatic heterocycles. The number of benzene rings is 3. The van der Waals surface area contributed by atoms with Crippen molar-refractivity contribution in [3.05, 3.63) is 90.1 Å². The normalized spacial score (nSPS) is 11.2. The maximum absolute atomic E-state index is 6.53. The number of nitrogen functional groups attached to an aromatic ring is 1. The van der Waals surface area contributed by atoms with Gasteiger partial charge in [-0.25, -0.2) is 0 Å². The number of fused-ring (bicyclic) bond motifs is 1. The van der Waals surface area contributed by atoms with Gasteiger partial charge in [-0.2, -0.15) is 0 Å². The molecule has 3 aromatic carbocycles. The van der Waals surface area contributed by atoms with E-state index in [2.05, 4.69) is 42.3 Å². The molecule has 0 aliphatic carbocycles. The first-order valence-electron chi connectivity index (χ1n) is 10.2. The van der Waals surface area contributed by atoms with Crippen LogP contribution in [0.15, 0.2) is 78.9 Å². The Balaban J connectivity index is 1.46. The summed E-state index contributed by atoms with van der Waals surface area (Å²) in [5.74, 6) is 0.840. The van der Waals surface area contributed by atoms with Crippen LogP contribution in [0.3, 0.4) is 0 Å². The third-order valence-electron chi connectivity index (χ3n) is 5.27. The summed E-state index contributed by atoms with van der Waals surface area (Å²) < 4.78 is 6.04. The molecule has 0 aliphatic rings. The largest absolute Gasteiger partial charge is 0.492 e. The fraction of sp³-hybridized carbons (Fsp3) is 0.192. The molecule has 152 valence electrons. The van der Waals surface area contributed by atoms with Crippen molar-refractivity contribution in [2.24, 2.45) is 0 Å². The Morgan fingerprint density at radius 2 is 1.70 bits per heavy atom. The van der Waals surface area contributed by atoms with Gasteiger partial charge in [0.2, 0.25) is 0 Å². The van der Waals surface area contributed by atoms with Gasteiger partial charge in [0.25, 0.3) is 0 Å². The highest BCUT2D eigenvalue weighted by molar-refractivity contribution is 5.99. The molecular weight excluding hydrogens is 370 g/mol. The number of nitrogens with zero attached hydrogens (tertiary/aromatic N) is 2. The topological polar surface area (TPSA) is 51.4 Å². The van der Waals surface area contributed by atoms with E-state index in [0.717, 1.165) is 52.3 Å². The fourth-order valence-electron chi connectivity index (χ4n) is 3.76. The Kier molecular flexibility index (Phi) is 5.96. The number of hydrogen-bond acceptors (Lipinski definition) is 4. The highest BCUT2D eigenvalue weighted by atomic mass is 16.5. The zero-order chi connectivity index (χ0) is 20.9. The summed E-state index contributed by atoms with van der Waals surface area (Å²) in [5, 5.41) is 0.979. The van der Waals surface area contributed by atoms with Crippen LogP contribution in [-0.4, -0.2) is 30.1 Å². The second-order valence-electron chi connectivity index (χ2n) is 7.60. The van der Waals surface area contributed by atoms with Gasteiger partial charge in [-0.3, -0.25) is 9.88 Å². The summed E-state index contributed by atoms with van der Waals surface area (Å²) in [6.07, 6.45) is 0. The average Bonchev–Trinajstić information content (AvgIpc) is 2.75. The Hall–Kier alpha value is -3.37. The minimum Gasteiger partial charge on any atom is -0.492 e. The summed E-state index contributed by atoms with van der Waals surface area (Å²) in [5.41, 5.74) is 12.4. The van der Waals surface area contributed by atoms with Crippen LogP contribution in [0.4, 0.5) is 5.69 Å². The third-order valence-corrected chi connectivity index (χ3v) is 5.27. The van der Waals surface area contributed by atoms with Crippen molar-refractivity contribution in [2.45, 2.75) is 13.5 Å². The van der Waals surface area contributed by atoms with Crippen molar-refractivity contribution in [1.29, 1.82) is 0 Å². The van der Waals surface area contributed by atoms with Gasteiger partial charge < -0.3 is 10.5 Å². The molecule has 0 saturated heterocycles. The van der Waals surface area contributed by atoms with Crippen LogP contribution in [0.5, 0.6) is 5.75 Å². The molecule has 4 nitrogen and oxygen atoms in total. The molecule has 0 radical (unpaired) electrons. The van der Waals surface area contributed by atoms with E-state index >= 15 is 0 Å². The van der Waals surface area contributed by atoms with Crippen molar-refractivity contribution in [2.75, 3.05) is 25.9 Å². The SMILES string of the molecule is Cc1nc2ccccc2c(N)c1-c1cccc(OCCN(C)Cc2ccccc2)c1. The quantitative estimate of drug-likeness (QED) is 0.460. The maximum atomic E-state index is 6.53. The standard InChI is InChI=1S/C26H27N3O/c1-19-25(26(27)23-13-6-7-14-24(23)28-19)21-11-8-12-22(17-21)30-16-15-29(2)18-20-9-4-3-5-10-20/h3-14,17H,15-16,18H2,1-2H3,(H2,27,28). The molecule has 0 fully saturated rings. The van der Waals surface area contributed by atoms with Crippen molar-refractivity contribution >= 4 is 16.6 Å². The molecule has 0 amide bonds. The second kappa shape index (κ2) is 8.97. The summed E-state index contributed by atoms with van der Waals surface area (Å²) in [4.78, 5) is 7.00. The first-order valence-corrected chi connectivity index (χ1v) is 10.2. The summed E-state index contributed by atoms with van der Waals surface area (Å²) in [7, 11) is 2.11. The summed E-state index contributed by atoms with van der Waals surface area (Å²) in [6.45, 7) is 4.38. The molecule has 0 atom stereocenters. The number of nitrogens with two attached hydrogens (primary N) is 1. The summed E-state index contributed by atoms with van der Waals surface area (Å²) in [6, 6.07) is 26.6. The van der Waals surface area contributed by atoms with E-state index in [1.807, 2.05) is 55.5 Å². The van der Waals surface area contributed by atoms with Gasteiger partial charge in [0, 0.05) is 29.7 Å². The molecule has 0 bridgehead atoms. The van der Waals surface area contributed by atoms with Gasteiger partial charge in [0.15, 0.2) is 0 Å². The number of ether oxygens (including phenoxy) is 1. The lowest BCUT2D eigenvalue weighted by molar-refractivity contribution is 0.233. The van der Waals surface area contributed by atoms with E-state index in [9.17, 15) is 0 Å². The van der Waals surface area contributed by atoms with Crippen LogP contribution in [0.25, 0.3) is 22.0 Å². The number of aryl methyl sites for hydroxylation is 1. The van der Waals surface area contributed by atoms with Crippen molar-refractivity contribution in [3.8, 4) is 16.9 Å². The number of rotatable bonds is 7. The smallest absolute Gasteiger partial charge is 0.119 e. The number of pyridine rings is 1.